The van der Waals surface area contributed by atoms with Crippen molar-refractivity contribution in [2.45, 2.75) is 19.8 Å². The fourth-order valence-electron chi connectivity index (χ4n) is 3.35. The van der Waals surface area contributed by atoms with Gasteiger partial charge in [0.1, 0.15) is 11.5 Å². The van der Waals surface area contributed by atoms with Crippen molar-refractivity contribution in [1.29, 1.82) is 0 Å². The molecule has 3 aromatic heterocycles. The Morgan fingerprint density at radius 1 is 0.828 bits per heavy atom. The van der Waals surface area contributed by atoms with Crippen LogP contribution in [0.25, 0.3) is 11.3 Å². The predicted molar refractivity (Wildman–Crippen MR) is 115 cm³/mol. The number of halogens is 3. The van der Waals surface area contributed by atoms with Gasteiger partial charge in [0.25, 0.3) is 11.1 Å². The van der Waals surface area contributed by atoms with Crippen LogP contribution in [0.5, 0.6) is 0 Å². The summed E-state index contributed by atoms with van der Waals surface area (Å²) < 4.78 is 6.06. The lowest BCUT2D eigenvalue weighted by Crippen LogP contribution is -2.19. The highest BCUT2D eigenvalue weighted by molar-refractivity contribution is 6.42. The third-order valence-electron chi connectivity index (χ3n) is 4.72. The molecule has 7 nitrogen and oxygen atoms in total. The molecule has 0 atom stereocenters. The van der Waals surface area contributed by atoms with Crippen LogP contribution in [-0.2, 0) is 0 Å². The molecular formula is C19H17Cl3N4O3. The highest BCUT2D eigenvalue weighted by Gasteiger charge is 2.30. The molecule has 1 aromatic carbocycles. The van der Waals surface area contributed by atoms with Crippen LogP contribution in [0.1, 0.15) is 34.2 Å². The SMILES string of the molecule is Cc1[nH][nH]c(=O)c1C(c1ccc(-c2ccc(Cl)c(Cl)c2)o1)c1c(C)[nH][nH]c1=O.Cl. The van der Waals surface area contributed by atoms with Crippen molar-refractivity contribution in [3.63, 3.8) is 0 Å². The van der Waals surface area contributed by atoms with Crippen molar-refractivity contribution in [3.05, 3.63) is 89.4 Å². The van der Waals surface area contributed by atoms with E-state index in [1.54, 1.807) is 44.2 Å². The number of aromatic nitrogens is 4. The number of benzene rings is 1. The van der Waals surface area contributed by atoms with E-state index in [1.807, 2.05) is 0 Å². The molecule has 0 fully saturated rings. The van der Waals surface area contributed by atoms with Gasteiger partial charge in [-0.2, -0.15) is 0 Å². The van der Waals surface area contributed by atoms with Crippen LogP contribution in [0.4, 0.5) is 0 Å². The van der Waals surface area contributed by atoms with E-state index in [0.717, 1.165) is 5.56 Å². The highest BCUT2D eigenvalue weighted by Crippen LogP contribution is 2.35. The van der Waals surface area contributed by atoms with Crippen LogP contribution in [0.2, 0.25) is 10.0 Å². The number of nitrogens with one attached hydrogen (secondary N) is 4. The first-order chi connectivity index (χ1) is 13.4. The van der Waals surface area contributed by atoms with E-state index < -0.39 is 5.92 Å². The van der Waals surface area contributed by atoms with Gasteiger partial charge in [-0.15, -0.1) is 12.4 Å². The van der Waals surface area contributed by atoms with E-state index in [9.17, 15) is 9.59 Å². The third-order valence-corrected chi connectivity index (χ3v) is 5.46. The summed E-state index contributed by atoms with van der Waals surface area (Å²) in [5, 5.41) is 11.6. The standard InChI is InChI=1S/C19H16Cl2N4O3.ClH/c1-8-15(18(26)24-22-8)17(16-9(2)23-25-19(16)27)14-6-5-13(28-14)10-3-4-11(20)12(21)7-10;/h3-7,17H,1-2H3,(H2,22,24,26)(H2,23,25,27);1H. The molecule has 3 heterocycles. The second kappa shape index (κ2) is 8.02. The first kappa shape index (κ1) is 21.1. The quantitative estimate of drug-likeness (QED) is 0.363. The number of aromatic amines is 4. The van der Waals surface area contributed by atoms with Gasteiger partial charge in [0.2, 0.25) is 0 Å². The highest BCUT2D eigenvalue weighted by atomic mass is 35.5. The zero-order valence-electron chi connectivity index (χ0n) is 15.4. The zero-order chi connectivity index (χ0) is 20.0. The lowest BCUT2D eigenvalue weighted by molar-refractivity contribution is 0.513. The predicted octanol–water partition coefficient (Wildman–Crippen LogP) is 4.51. The summed E-state index contributed by atoms with van der Waals surface area (Å²) in [6.45, 7) is 3.53. The van der Waals surface area contributed by atoms with E-state index in [0.29, 0.717) is 44.1 Å². The Labute approximate surface area is 180 Å². The van der Waals surface area contributed by atoms with Gasteiger partial charge in [-0.1, -0.05) is 23.2 Å². The monoisotopic (exact) mass is 454 g/mol. The number of hydrogen-bond acceptors (Lipinski definition) is 3. The van der Waals surface area contributed by atoms with Gasteiger partial charge in [0.05, 0.1) is 27.1 Å². The average Bonchev–Trinajstić information content (AvgIpc) is 3.35. The van der Waals surface area contributed by atoms with Crippen LogP contribution in [-0.4, -0.2) is 20.4 Å². The molecule has 0 saturated heterocycles. The second-order valence-electron chi connectivity index (χ2n) is 6.50. The third kappa shape index (κ3) is 3.69. The fraction of sp³-hybridized carbons (Fsp3) is 0.158. The summed E-state index contributed by atoms with van der Waals surface area (Å²) in [4.78, 5) is 24.9. The van der Waals surface area contributed by atoms with Crippen molar-refractivity contribution < 1.29 is 4.42 Å². The minimum absolute atomic E-state index is 0. The normalized spacial score (nSPS) is 11.1. The van der Waals surface area contributed by atoms with Crippen molar-refractivity contribution in [3.8, 4) is 11.3 Å². The molecule has 0 radical (unpaired) electrons. The lowest BCUT2D eigenvalue weighted by atomic mass is 9.89. The molecule has 4 rings (SSSR count). The molecule has 0 spiro atoms. The molecule has 0 aliphatic heterocycles. The van der Waals surface area contributed by atoms with Gasteiger partial charge < -0.3 is 14.6 Å². The smallest absolute Gasteiger partial charge is 0.268 e. The molecule has 0 amide bonds. The van der Waals surface area contributed by atoms with E-state index >= 15 is 0 Å². The second-order valence-corrected chi connectivity index (χ2v) is 7.31. The van der Waals surface area contributed by atoms with Crippen molar-refractivity contribution in [2.75, 3.05) is 0 Å². The molecule has 29 heavy (non-hydrogen) atoms. The van der Waals surface area contributed by atoms with Gasteiger partial charge in [-0.3, -0.25) is 19.8 Å². The Balaban J connectivity index is 0.00000240. The lowest BCUT2D eigenvalue weighted by Gasteiger charge is -2.12. The topological polar surface area (TPSA) is 110 Å². The molecular weight excluding hydrogens is 439 g/mol. The summed E-state index contributed by atoms with van der Waals surface area (Å²) in [6, 6.07) is 8.69. The van der Waals surface area contributed by atoms with Crippen LogP contribution in [0, 0.1) is 13.8 Å². The van der Waals surface area contributed by atoms with Crippen LogP contribution >= 0.6 is 35.6 Å². The average molecular weight is 456 g/mol. The summed E-state index contributed by atoms with van der Waals surface area (Å²) in [6.07, 6.45) is 0. The summed E-state index contributed by atoms with van der Waals surface area (Å²) in [5.41, 5.74) is 2.21. The molecule has 4 N–H and O–H groups in total. The number of hydrogen-bond donors (Lipinski definition) is 4. The maximum atomic E-state index is 12.4. The van der Waals surface area contributed by atoms with E-state index in [4.69, 9.17) is 27.6 Å². The Bertz CT molecular complexity index is 1220. The van der Waals surface area contributed by atoms with Gasteiger partial charge in [0, 0.05) is 17.0 Å². The summed E-state index contributed by atoms with van der Waals surface area (Å²) in [7, 11) is 0. The summed E-state index contributed by atoms with van der Waals surface area (Å²) >= 11 is 12.1. The number of furan rings is 1. The maximum Gasteiger partial charge on any atom is 0.268 e. The number of H-pyrrole nitrogens is 4. The molecule has 10 heteroatoms. The molecule has 0 aliphatic carbocycles. The molecule has 0 bridgehead atoms. The Kier molecular flexibility index (Phi) is 5.84. The number of aryl methyl sites for hydroxylation is 2. The molecule has 0 saturated carbocycles. The molecule has 4 aromatic rings. The molecule has 0 unspecified atom stereocenters. The number of rotatable bonds is 4. The molecule has 0 aliphatic rings. The van der Waals surface area contributed by atoms with Crippen LogP contribution < -0.4 is 11.1 Å². The minimum Gasteiger partial charge on any atom is -0.460 e. The largest absolute Gasteiger partial charge is 0.460 e. The Hall–Kier alpha value is -2.61. The summed E-state index contributed by atoms with van der Waals surface area (Å²) in [5.74, 6) is 0.330. The van der Waals surface area contributed by atoms with E-state index in [-0.39, 0.29) is 23.5 Å². The van der Waals surface area contributed by atoms with Gasteiger partial charge in [-0.25, -0.2) is 0 Å². The van der Waals surface area contributed by atoms with E-state index in [2.05, 4.69) is 20.4 Å². The van der Waals surface area contributed by atoms with Gasteiger partial charge >= 0.3 is 0 Å². The van der Waals surface area contributed by atoms with Crippen molar-refractivity contribution >= 4 is 35.6 Å². The van der Waals surface area contributed by atoms with E-state index in [1.165, 1.54) is 0 Å². The van der Waals surface area contributed by atoms with Crippen LogP contribution in [0.3, 0.4) is 0 Å². The fourth-order valence-corrected chi connectivity index (χ4v) is 3.65. The van der Waals surface area contributed by atoms with Crippen molar-refractivity contribution in [1.82, 2.24) is 20.4 Å². The maximum absolute atomic E-state index is 12.4. The first-order valence-electron chi connectivity index (χ1n) is 8.46. The van der Waals surface area contributed by atoms with Gasteiger partial charge in [0.15, 0.2) is 0 Å². The van der Waals surface area contributed by atoms with Crippen molar-refractivity contribution in [2.24, 2.45) is 0 Å². The Morgan fingerprint density at radius 2 is 1.41 bits per heavy atom. The van der Waals surface area contributed by atoms with Crippen LogP contribution in [0.15, 0.2) is 44.3 Å². The Morgan fingerprint density at radius 3 is 1.90 bits per heavy atom. The minimum atomic E-state index is -0.679. The zero-order valence-corrected chi connectivity index (χ0v) is 17.7. The van der Waals surface area contributed by atoms with Gasteiger partial charge in [-0.05, 0) is 44.2 Å². The first-order valence-corrected chi connectivity index (χ1v) is 9.22. The molecule has 152 valence electrons.